The van der Waals surface area contributed by atoms with Crippen LogP contribution in [0.2, 0.25) is 5.02 Å². The Morgan fingerprint density at radius 2 is 2.05 bits per heavy atom. The second-order valence-electron chi connectivity index (χ2n) is 4.25. The van der Waals surface area contributed by atoms with Gasteiger partial charge in [0, 0.05) is 22.3 Å². The van der Waals surface area contributed by atoms with Gasteiger partial charge in [-0.05, 0) is 31.5 Å². The summed E-state index contributed by atoms with van der Waals surface area (Å²) >= 11 is 5.75. The molecule has 7 heteroatoms. The first-order valence-corrected chi connectivity index (χ1v) is 8.49. The van der Waals surface area contributed by atoms with Gasteiger partial charge in [0.05, 0.1) is 5.02 Å². The van der Waals surface area contributed by atoms with Gasteiger partial charge in [0.15, 0.2) is 0 Å². The van der Waals surface area contributed by atoms with Gasteiger partial charge in [-0.1, -0.05) is 24.9 Å². The first-order chi connectivity index (χ1) is 8.75. The Hall–Kier alpha value is -0.780. The minimum Gasteiger partial charge on any atom is -0.350 e. The van der Waals surface area contributed by atoms with Crippen molar-refractivity contribution in [2.75, 3.05) is 0 Å². The van der Waals surface area contributed by atoms with Crippen molar-refractivity contribution in [2.24, 2.45) is 0 Å². The first kappa shape index (κ1) is 16.3. The van der Waals surface area contributed by atoms with Crippen molar-refractivity contribution in [2.45, 2.75) is 37.6 Å². The molecular formula is C12H15Cl2NO3S. The summed E-state index contributed by atoms with van der Waals surface area (Å²) in [6.07, 6.45) is 1.80. The topological polar surface area (TPSA) is 63.2 Å². The molecule has 0 radical (unpaired) electrons. The average Bonchev–Trinajstić information content (AvgIpc) is 2.27. The van der Waals surface area contributed by atoms with Gasteiger partial charge in [0.1, 0.15) is 4.90 Å². The molecule has 1 atom stereocenters. The maximum Gasteiger partial charge on any atom is 0.262 e. The molecule has 106 valence electrons. The molecule has 0 fully saturated rings. The Morgan fingerprint density at radius 3 is 2.58 bits per heavy atom. The van der Waals surface area contributed by atoms with Crippen molar-refractivity contribution in [3.63, 3.8) is 0 Å². The van der Waals surface area contributed by atoms with Crippen LogP contribution < -0.4 is 5.32 Å². The Balaban J connectivity index is 3.00. The van der Waals surface area contributed by atoms with Crippen molar-refractivity contribution in [3.05, 3.63) is 28.8 Å². The van der Waals surface area contributed by atoms with Gasteiger partial charge in [-0.25, -0.2) is 8.42 Å². The highest BCUT2D eigenvalue weighted by atomic mass is 35.7. The van der Waals surface area contributed by atoms with Crippen LogP contribution in [0.15, 0.2) is 23.1 Å². The average molecular weight is 324 g/mol. The molecule has 4 nitrogen and oxygen atoms in total. The Kier molecular flexibility index (Phi) is 5.64. The van der Waals surface area contributed by atoms with E-state index in [2.05, 4.69) is 5.32 Å². The Morgan fingerprint density at radius 1 is 1.42 bits per heavy atom. The maximum atomic E-state index is 11.9. The van der Waals surface area contributed by atoms with Crippen LogP contribution in [0, 0.1) is 0 Å². The first-order valence-electron chi connectivity index (χ1n) is 5.80. The molecule has 19 heavy (non-hydrogen) atoms. The fraction of sp³-hybridized carbons (Fsp3) is 0.417. The second kappa shape index (κ2) is 6.59. The van der Waals surface area contributed by atoms with Crippen LogP contribution in [-0.4, -0.2) is 20.4 Å². The van der Waals surface area contributed by atoms with E-state index in [9.17, 15) is 13.2 Å². The number of rotatable bonds is 5. The molecule has 1 aromatic rings. The van der Waals surface area contributed by atoms with E-state index >= 15 is 0 Å². The Labute approximate surface area is 122 Å². The van der Waals surface area contributed by atoms with Crippen LogP contribution in [-0.2, 0) is 9.05 Å². The van der Waals surface area contributed by atoms with Crippen LogP contribution in [0.5, 0.6) is 0 Å². The van der Waals surface area contributed by atoms with Crippen LogP contribution in [0.3, 0.4) is 0 Å². The molecule has 0 aliphatic heterocycles. The highest BCUT2D eigenvalue weighted by molar-refractivity contribution is 8.13. The van der Waals surface area contributed by atoms with Crippen LogP contribution in [0.1, 0.15) is 37.0 Å². The predicted molar refractivity (Wildman–Crippen MR) is 76.3 cm³/mol. The fourth-order valence-electron chi connectivity index (χ4n) is 1.64. The van der Waals surface area contributed by atoms with Gasteiger partial charge in [0.2, 0.25) is 0 Å². The van der Waals surface area contributed by atoms with Gasteiger partial charge in [0.25, 0.3) is 15.0 Å². The van der Waals surface area contributed by atoms with Crippen molar-refractivity contribution in [1.29, 1.82) is 0 Å². The van der Waals surface area contributed by atoms with Gasteiger partial charge < -0.3 is 5.32 Å². The lowest BCUT2D eigenvalue weighted by molar-refractivity contribution is 0.0938. The number of carbonyl (C=O) groups excluding carboxylic acids is 1. The highest BCUT2D eigenvalue weighted by Crippen LogP contribution is 2.25. The summed E-state index contributed by atoms with van der Waals surface area (Å²) in [5.74, 6) is -0.348. The van der Waals surface area contributed by atoms with Crippen molar-refractivity contribution in [3.8, 4) is 0 Å². The van der Waals surface area contributed by atoms with Gasteiger partial charge in [-0.15, -0.1) is 0 Å². The molecule has 0 aliphatic rings. The zero-order chi connectivity index (χ0) is 14.6. The quantitative estimate of drug-likeness (QED) is 0.846. The molecule has 0 aliphatic carbocycles. The minimum atomic E-state index is -3.97. The lowest BCUT2D eigenvalue weighted by Crippen LogP contribution is -2.32. The fourth-order valence-corrected chi connectivity index (χ4v) is 3.14. The molecule has 1 rings (SSSR count). The smallest absolute Gasteiger partial charge is 0.262 e. The second-order valence-corrected chi connectivity index (χ2v) is 7.19. The number of hydrogen-bond donors (Lipinski definition) is 1. The molecule has 1 amide bonds. The monoisotopic (exact) mass is 323 g/mol. The molecule has 1 N–H and O–H groups in total. The summed E-state index contributed by atoms with van der Waals surface area (Å²) in [6.45, 7) is 3.90. The molecule has 1 unspecified atom stereocenters. The lowest BCUT2D eigenvalue weighted by atomic mass is 10.1. The van der Waals surface area contributed by atoms with E-state index in [1.807, 2.05) is 13.8 Å². The third kappa shape index (κ3) is 4.67. The molecule has 0 aromatic heterocycles. The Bertz CT molecular complexity index is 572. The van der Waals surface area contributed by atoms with E-state index in [0.29, 0.717) is 0 Å². The van der Waals surface area contributed by atoms with Gasteiger partial charge in [-0.3, -0.25) is 4.79 Å². The van der Waals surface area contributed by atoms with Crippen molar-refractivity contribution < 1.29 is 13.2 Å². The van der Waals surface area contributed by atoms with Crippen molar-refractivity contribution in [1.82, 2.24) is 5.32 Å². The number of amides is 1. The van der Waals surface area contributed by atoms with E-state index in [4.69, 9.17) is 22.3 Å². The summed E-state index contributed by atoms with van der Waals surface area (Å²) in [6, 6.07) is 4.00. The predicted octanol–water partition coefficient (Wildman–Crippen LogP) is 3.19. The highest BCUT2D eigenvalue weighted by Gasteiger charge is 2.18. The summed E-state index contributed by atoms with van der Waals surface area (Å²) < 4.78 is 22.6. The summed E-state index contributed by atoms with van der Waals surface area (Å²) in [5.41, 5.74) is 0.214. The zero-order valence-corrected chi connectivity index (χ0v) is 12.9. The number of hydrogen-bond acceptors (Lipinski definition) is 3. The van der Waals surface area contributed by atoms with E-state index < -0.39 is 9.05 Å². The van der Waals surface area contributed by atoms with E-state index in [-0.39, 0.29) is 27.4 Å². The summed E-state index contributed by atoms with van der Waals surface area (Å²) in [5, 5.41) is 2.77. The zero-order valence-electron chi connectivity index (χ0n) is 10.6. The lowest BCUT2D eigenvalue weighted by Gasteiger charge is -2.13. The minimum absolute atomic E-state index is 0.00634. The van der Waals surface area contributed by atoms with Crippen molar-refractivity contribution >= 4 is 37.2 Å². The number of carbonyl (C=O) groups is 1. The molecule has 0 bridgehead atoms. The van der Waals surface area contributed by atoms with Gasteiger partial charge in [-0.2, -0.15) is 0 Å². The molecule has 0 spiro atoms. The maximum absolute atomic E-state index is 11.9. The van der Waals surface area contributed by atoms with Crippen LogP contribution >= 0.6 is 22.3 Å². The number of halogens is 2. The SMILES string of the molecule is CCCC(C)NC(=O)c1ccc(Cl)c(S(=O)(=O)Cl)c1. The van der Waals surface area contributed by atoms with Gasteiger partial charge >= 0.3 is 0 Å². The molecule has 0 saturated heterocycles. The van der Waals surface area contributed by atoms with E-state index in [1.54, 1.807) is 0 Å². The third-order valence-corrected chi connectivity index (χ3v) is 4.36. The van der Waals surface area contributed by atoms with E-state index in [0.717, 1.165) is 12.8 Å². The summed E-state index contributed by atoms with van der Waals surface area (Å²) in [7, 11) is 1.28. The molecule has 1 aromatic carbocycles. The molecule has 0 saturated carbocycles. The number of nitrogens with one attached hydrogen (secondary N) is 1. The largest absolute Gasteiger partial charge is 0.350 e. The normalized spacial score (nSPS) is 13.1. The van der Waals surface area contributed by atoms with E-state index in [1.165, 1.54) is 18.2 Å². The molecule has 0 heterocycles. The summed E-state index contributed by atoms with van der Waals surface area (Å²) in [4.78, 5) is 11.7. The molecular weight excluding hydrogens is 309 g/mol. The number of benzene rings is 1. The van der Waals surface area contributed by atoms with Crippen LogP contribution in [0.4, 0.5) is 0 Å². The third-order valence-electron chi connectivity index (χ3n) is 2.56. The van der Waals surface area contributed by atoms with Crippen LogP contribution in [0.25, 0.3) is 0 Å². The standard InChI is InChI=1S/C12H15Cl2NO3S/c1-3-4-8(2)15-12(16)9-5-6-10(13)11(7-9)19(14,17)18/h5-8H,3-4H2,1-2H3,(H,15,16).